The van der Waals surface area contributed by atoms with Crippen LogP contribution >= 0.6 is 0 Å². The standard InChI is InChI=1S/C16H27N3O/c1-12-7-6-8-15(9-12)13(2)10-18-16(17-4)19-14(3)11-20-5/h6-9,13-14H,10-11H2,1-5H3,(H2,17,18,19). The molecule has 0 fully saturated rings. The second-order valence-electron chi connectivity index (χ2n) is 5.27. The van der Waals surface area contributed by atoms with Crippen molar-refractivity contribution in [2.24, 2.45) is 4.99 Å². The molecule has 0 amide bonds. The molecule has 0 spiro atoms. The molecule has 0 saturated carbocycles. The average Bonchev–Trinajstić information content (AvgIpc) is 2.43. The first-order chi connectivity index (χ1) is 9.56. The summed E-state index contributed by atoms with van der Waals surface area (Å²) >= 11 is 0. The first-order valence-corrected chi connectivity index (χ1v) is 7.09. The molecule has 2 N–H and O–H groups in total. The number of nitrogens with one attached hydrogen (secondary N) is 2. The van der Waals surface area contributed by atoms with Crippen LogP contribution in [0.25, 0.3) is 0 Å². The van der Waals surface area contributed by atoms with Gasteiger partial charge >= 0.3 is 0 Å². The molecule has 0 aromatic heterocycles. The van der Waals surface area contributed by atoms with Gasteiger partial charge in [0.05, 0.1) is 6.61 Å². The highest BCUT2D eigenvalue weighted by molar-refractivity contribution is 5.80. The van der Waals surface area contributed by atoms with Crippen LogP contribution in [0.4, 0.5) is 0 Å². The molecule has 0 aliphatic carbocycles. The third-order valence-electron chi connectivity index (χ3n) is 3.21. The van der Waals surface area contributed by atoms with E-state index in [1.165, 1.54) is 11.1 Å². The largest absolute Gasteiger partial charge is 0.383 e. The molecular formula is C16H27N3O. The molecule has 0 aliphatic rings. The highest BCUT2D eigenvalue weighted by atomic mass is 16.5. The SMILES string of the molecule is CN=C(NCC(C)c1cccc(C)c1)NC(C)COC. The maximum atomic E-state index is 5.11. The minimum absolute atomic E-state index is 0.237. The van der Waals surface area contributed by atoms with Gasteiger partial charge in [0, 0.05) is 26.7 Å². The summed E-state index contributed by atoms with van der Waals surface area (Å²) in [4.78, 5) is 4.23. The van der Waals surface area contributed by atoms with Crippen molar-refractivity contribution in [3.63, 3.8) is 0 Å². The second kappa shape index (κ2) is 8.59. The first kappa shape index (κ1) is 16.5. The first-order valence-electron chi connectivity index (χ1n) is 7.09. The predicted octanol–water partition coefficient (Wildman–Crippen LogP) is 2.30. The molecule has 2 atom stereocenters. The number of hydrogen-bond donors (Lipinski definition) is 2. The van der Waals surface area contributed by atoms with Crippen LogP contribution in [-0.2, 0) is 4.74 Å². The molecule has 4 heteroatoms. The van der Waals surface area contributed by atoms with E-state index in [0.717, 1.165) is 12.5 Å². The van der Waals surface area contributed by atoms with Crippen LogP contribution in [0.5, 0.6) is 0 Å². The molecule has 1 aromatic rings. The number of hydrogen-bond acceptors (Lipinski definition) is 2. The second-order valence-corrected chi connectivity index (χ2v) is 5.27. The van der Waals surface area contributed by atoms with E-state index in [-0.39, 0.29) is 6.04 Å². The van der Waals surface area contributed by atoms with Crippen LogP contribution in [-0.4, -0.2) is 39.3 Å². The summed E-state index contributed by atoms with van der Waals surface area (Å²) in [6, 6.07) is 8.87. The lowest BCUT2D eigenvalue weighted by Gasteiger charge is -2.19. The van der Waals surface area contributed by atoms with Gasteiger partial charge in [-0.15, -0.1) is 0 Å². The summed E-state index contributed by atoms with van der Waals surface area (Å²) in [6.45, 7) is 7.92. The van der Waals surface area contributed by atoms with Crippen molar-refractivity contribution in [1.29, 1.82) is 0 Å². The number of ether oxygens (including phenoxy) is 1. The zero-order valence-electron chi connectivity index (χ0n) is 13.2. The summed E-state index contributed by atoms with van der Waals surface area (Å²) in [7, 11) is 3.49. The number of aliphatic imine (C=N–C) groups is 1. The van der Waals surface area contributed by atoms with Gasteiger partial charge in [-0.05, 0) is 25.3 Å². The highest BCUT2D eigenvalue weighted by Gasteiger charge is 2.08. The lowest BCUT2D eigenvalue weighted by molar-refractivity contribution is 0.179. The Hall–Kier alpha value is -1.55. The van der Waals surface area contributed by atoms with Gasteiger partial charge in [0.25, 0.3) is 0 Å². The van der Waals surface area contributed by atoms with Crippen molar-refractivity contribution in [1.82, 2.24) is 10.6 Å². The predicted molar refractivity (Wildman–Crippen MR) is 85.4 cm³/mol. The Kier molecular flexibility index (Phi) is 7.09. The molecular weight excluding hydrogens is 250 g/mol. The van der Waals surface area contributed by atoms with Crippen molar-refractivity contribution in [3.05, 3.63) is 35.4 Å². The number of methoxy groups -OCH3 is 1. The maximum Gasteiger partial charge on any atom is 0.191 e. The van der Waals surface area contributed by atoms with Gasteiger partial charge in [0.15, 0.2) is 5.96 Å². The van der Waals surface area contributed by atoms with Crippen molar-refractivity contribution >= 4 is 5.96 Å². The number of benzene rings is 1. The van der Waals surface area contributed by atoms with Crippen LogP contribution in [0.2, 0.25) is 0 Å². The lowest BCUT2D eigenvalue weighted by Crippen LogP contribution is -2.44. The molecule has 20 heavy (non-hydrogen) atoms. The third kappa shape index (κ3) is 5.61. The highest BCUT2D eigenvalue weighted by Crippen LogP contribution is 2.15. The van der Waals surface area contributed by atoms with E-state index in [4.69, 9.17) is 4.74 Å². The number of rotatable bonds is 6. The van der Waals surface area contributed by atoms with Gasteiger partial charge in [-0.1, -0.05) is 36.8 Å². The Morgan fingerprint density at radius 2 is 2.10 bits per heavy atom. The van der Waals surface area contributed by atoms with E-state index < -0.39 is 0 Å². The zero-order chi connectivity index (χ0) is 15.0. The van der Waals surface area contributed by atoms with E-state index in [0.29, 0.717) is 12.5 Å². The van der Waals surface area contributed by atoms with E-state index in [1.54, 1.807) is 14.2 Å². The van der Waals surface area contributed by atoms with Gasteiger partial charge in [0.1, 0.15) is 0 Å². The summed E-state index contributed by atoms with van der Waals surface area (Å²) in [5, 5.41) is 6.66. The van der Waals surface area contributed by atoms with Crippen molar-refractivity contribution in [2.45, 2.75) is 32.7 Å². The molecule has 0 heterocycles. The van der Waals surface area contributed by atoms with Crippen molar-refractivity contribution < 1.29 is 4.74 Å². The topological polar surface area (TPSA) is 45.7 Å². The van der Waals surface area contributed by atoms with Gasteiger partial charge in [-0.2, -0.15) is 0 Å². The van der Waals surface area contributed by atoms with Crippen LogP contribution in [0, 0.1) is 6.92 Å². The fourth-order valence-corrected chi connectivity index (χ4v) is 2.06. The van der Waals surface area contributed by atoms with Gasteiger partial charge in [-0.25, -0.2) is 0 Å². The molecule has 0 saturated heterocycles. The molecule has 0 aliphatic heterocycles. The quantitative estimate of drug-likeness (QED) is 0.619. The fourth-order valence-electron chi connectivity index (χ4n) is 2.06. The third-order valence-corrected chi connectivity index (χ3v) is 3.21. The molecule has 112 valence electrons. The Bertz CT molecular complexity index is 431. The van der Waals surface area contributed by atoms with Gasteiger partial charge in [-0.3, -0.25) is 4.99 Å². The van der Waals surface area contributed by atoms with Crippen LogP contribution in [0.1, 0.15) is 30.9 Å². The molecule has 0 bridgehead atoms. The Morgan fingerprint density at radius 3 is 2.70 bits per heavy atom. The minimum Gasteiger partial charge on any atom is -0.383 e. The fraction of sp³-hybridized carbons (Fsp3) is 0.562. The van der Waals surface area contributed by atoms with Crippen molar-refractivity contribution in [3.8, 4) is 0 Å². The summed E-state index contributed by atoms with van der Waals surface area (Å²) in [5.74, 6) is 1.25. The minimum atomic E-state index is 0.237. The molecule has 0 radical (unpaired) electrons. The number of nitrogens with zero attached hydrogens (tertiary/aromatic N) is 1. The van der Waals surface area contributed by atoms with Gasteiger partial charge in [0.2, 0.25) is 0 Å². The van der Waals surface area contributed by atoms with E-state index in [9.17, 15) is 0 Å². The normalized spacial score (nSPS) is 14.8. The van der Waals surface area contributed by atoms with Crippen LogP contribution < -0.4 is 10.6 Å². The Labute approximate surface area is 122 Å². The zero-order valence-corrected chi connectivity index (χ0v) is 13.2. The average molecular weight is 277 g/mol. The van der Waals surface area contributed by atoms with Crippen LogP contribution in [0.3, 0.4) is 0 Å². The summed E-state index contributed by atoms with van der Waals surface area (Å²) in [6.07, 6.45) is 0. The lowest BCUT2D eigenvalue weighted by atomic mass is 9.99. The summed E-state index contributed by atoms with van der Waals surface area (Å²) < 4.78 is 5.11. The molecule has 1 aromatic carbocycles. The molecule has 4 nitrogen and oxygen atoms in total. The number of aryl methyl sites for hydroxylation is 1. The Morgan fingerprint density at radius 1 is 1.35 bits per heavy atom. The van der Waals surface area contributed by atoms with Crippen LogP contribution in [0.15, 0.2) is 29.3 Å². The van der Waals surface area contributed by atoms with Crippen molar-refractivity contribution in [2.75, 3.05) is 27.3 Å². The number of guanidine groups is 1. The molecule has 1 rings (SSSR count). The van der Waals surface area contributed by atoms with E-state index in [2.05, 4.69) is 60.7 Å². The summed E-state index contributed by atoms with van der Waals surface area (Å²) in [5.41, 5.74) is 2.64. The van der Waals surface area contributed by atoms with Gasteiger partial charge < -0.3 is 15.4 Å². The monoisotopic (exact) mass is 277 g/mol. The van der Waals surface area contributed by atoms with E-state index in [1.807, 2.05) is 0 Å². The molecule has 2 unspecified atom stereocenters. The van der Waals surface area contributed by atoms with E-state index >= 15 is 0 Å². The smallest absolute Gasteiger partial charge is 0.191 e. The Balaban J connectivity index is 2.48. The maximum absolute atomic E-state index is 5.11.